The van der Waals surface area contributed by atoms with Crippen LogP contribution in [0, 0.1) is 0 Å². The number of hydrogen-bond donors (Lipinski definition) is 0. The first-order valence-electron chi connectivity index (χ1n) is 6.53. The smallest absolute Gasteiger partial charge is 0.334 e. The van der Waals surface area contributed by atoms with Crippen LogP contribution in [0.15, 0.2) is 0 Å². The molecule has 2 unspecified atom stereocenters. The molecule has 0 aromatic rings. The van der Waals surface area contributed by atoms with Gasteiger partial charge in [-0.25, -0.2) is 4.39 Å². The number of halogens is 15. The van der Waals surface area contributed by atoms with E-state index in [1.54, 1.807) is 0 Å². The summed E-state index contributed by atoms with van der Waals surface area (Å²) in [5, 5.41) is 0. The van der Waals surface area contributed by atoms with Crippen molar-refractivity contribution in [2.45, 2.75) is 61.7 Å². The molecule has 0 amide bonds. The molecule has 0 radical (unpaired) electrons. The first kappa shape index (κ1) is 25.9. The normalized spacial score (nSPS) is 19.6. The second-order valence-corrected chi connectivity index (χ2v) is 5.10. The summed E-state index contributed by atoms with van der Waals surface area (Å²) >= 11 is 0. The Morgan fingerprint density at radius 2 is 0.963 bits per heavy atom. The molecule has 1 nitrogen and oxygen atoms in total. The third kappa shape index (κ3) is 3.77. The van der Waals surface area contributed by atoms with Gasteiger partial charge in [0.1, 0.15) is 0 Å². The minimum atomic E-state index is -8.36. The predicted octanol–water partition coefficient (Wildman–Crippen LogP) is 6.13. The fourth-order valence-electron chi connectivity index (χ4n) is 1.68. The van der Waals surface area contributed by atoms with Gasteiger partial charge < -0.3 is 4.74 Å². The average Bonchev–Trinajstić information content (AvgIpc) is 2.42. The molecular weight excluding hydrogens is 433 g/mol. The summed E-state index contributed by atoms with van der Waals surface area (Å²) in [4.78, 5) is 0. The lowest BCUT2D eigenvalue weighted by atomic mass is 9.84. The van der Waals surface area contributed by atoms with Crippen molar-refractivity contribution in [1.29, 1.82) is 0 Å². The van der Waals surface area contributed by atoms with E-state index in [9.17, 15) is 65.9 Å². The molecule has 27 heavy (non-hydrogen) atoms. The first-order chi connectivity index (χ1) is 11.6. The molecule has 0 aliphatic rings. The van der Waals surface area contributed by atoms with E-state index < -0.39 is 54.9 Å². The van der Waals surface area contributed by atoms with E-state index in [0.717, 1.165) is 6.92 Å². The second-order valence-electron chi connectivity index (χ2n) is 5.10. The number of ether oxygens (including phenoxy) is 1. The number of hydrogen-bond acceptors (Lipinski definition) is 1. The van der Waals surface area contributed by atoms with Gasteiger partial charge in [0.15, 0.2) is 0 Å². The third-order valence-corrected chi connectivity index (χ3v) is 3.18. The monoisotopic (exact) mass is 442 g/mol. The highest BCUT2D eigenvalue weighted by Crippen LogP contribution is 2.64. The molecule has 0 spiro atoms. The van der Waals surface area contributed by atoms with Gasteiger partial charge in [-0.1, -0.05) is 13.3 Å². The Kier molecular flexibility index (Phi) is 6.78. The fourth-order valence-corrected chi connectivity index (χ4v) is 1.68. The van der Waals surface area contributed by atoms with Crippen LogP contribution in [0.2, 0.25) is 0 Å². The van der Waals surface area contributed by atoms with Gasteiger partial charge in [-0.05, 0) is 6.42 Å². The molecule has 164 valence electrons. The van der Waals surface area contributed by atoms with Crippen LogP contribution < -0.4 is 0 Å². The zero-order valence-electron chi connectivity index (χ0n) is 12.7. The number of rotatable bonds is 7. The molecule has 0 aromatic heterocycles. The van der Waals surface area contributed by atoms with Gasteiger partial charge in [0.2, 0.25) is 0 Å². The molecule has 0 saturated carbocycles. The summed E-state index contributed by atoms with van der Waals surface area (Å²) in [6.07, 6.45) is -24.1. The molecule has 16 heteroatoms. The summed E-state index contributed by atoms with van der Waals surface area (Å²) < 4.78 is 195. The zero-order chi connectivity index (χ0) is 22.3. The van der Waals surface area contributed by atoms with Crippen LogP contribution in [-0.2, 0) is 4.74 Å². The van der Waals surface area contributed by atoms with E-state index in [4.69, 9.17) is 0 Å². The van der Waals surface area contributed by atoms with Gasteiger partial charge in [0.05, 0.1) is 6.61 Å². The molecule has 0 aromatic carbocycles. The molecule has 0 rings (SSSR count). The lowest BCUT2D eigenvalue weighted by Crippen LogP contribution is -2.78. The summed E-state index contributed by atoms with van der Waals surface area (Å²) in [5.41, 5.74) is -8.36. The van der Waals surface area contributed by atoms with Crippen molar-refractivity contribution in [3.63, 3.8) is 0 Å². The summed E-state index contributed by atoms with van der Waals surface area (Å²) in [5.74, 6) is -23.4. The fraction of sp³-hybridized carbons (Fsp3) is 1.00. The average molecular weight is 442 g/mol. The van der Waals surface area contributed by atoms with Crippen molar-refractivity contribution in [3.05, 3.63) is 0 Å². The van der Waals surface area contributed by atoms with Crippen LogP contribution in [0.3, 0.4) is 0 Å². The first-order valence-corrected chi connectivity index (χ1v) is 6.53. The van der Waals surface area contributed by atoms with Crippen LogP contribution in [-0.4, -0.2) is 48.5 Å². The van der Waals surface area contributed by atoms with Gasteiger partial charge in [-0.3, -0.25) is 0 Å². The van der Waals surface area contributed by atoms with Crippen molar-refractivity contribution in [1.82, 2.24) is 0 Å². The Morgan fingerprint density at radius 1 is 0.556 bits per heavy atom. The van der Waals surface area contributed by atoms with Crippen molar-refractivity contribution in [2.24, 2.45) is 0 Å². The predicted molar refractivity (Wildman–Crippen MR) is 56.6 cm³/mol. The van der Waals surface area contributed by atoms with Crippen LogP contribution in [0.25, 0.3) is 0 Å². The van der Waals surface area contributed by atoms with E-state index in [2.05, 4.69) is 4.74 Å². The van der Waals surface area contributed by atoms with Crippen molar-refractivity contribution >= 4 is 0 Å². The van der Waals surface area contributed by atoms with E-state index in [1.807, 2.05) is 0 Å². The van der Waals surface area contributed by atoms with E-state index in [1.165, 1.54) is 0 Å². The van der Waals surface area contributed by atoms with Crippen LogP contribution >= 0.6 is 0 Å². The molecule has 2 atom stereocenters. The van der Waals surface area contributed by atoms with Gasteiger partial charge in [0, 0.05) is 0 Å². The minimum Gasteiger partial charge on any atom is -0.334 e. The Morgan fingerprint density at radius 3 is 1.22 bits per heavy atom. The molecular formula is C11H9F15O. The van der Waals surface area contributed by atoms with Gasteiger partial charge in [0.25, 0.3) is 0 Å². The third-order valence-electron chi connectivity index (χ3n) is 3.18. The standard InChI is InChI=1S/C11H9F15O/c1-2-3-4-27-8(17,11(24,25)26)6(13,14)5(12,9(18,19)20)7(15,16)10(21,22)23/h2-4H2,1H3. The SMILES string of the molecule is CCCCOC(F)(C(F)(F)F)C(F)(F)C(F)(C(F)(F)F)C(F)(F)C(F)(F)F. The van der Waals surface area contributed by atoms with Gasteiger partial charge >= 0.3 is 41.9 Å². The van der Waals surface area contributed by atoms with Crippen LogP contribution in [0.5, 0.6) is 0 Å². The second kappa shape index (κ2) is 7.06. The summed E-state index contributed by atoms with van der Waals surface area (Å²) in [6.45, 7) is -0.671. The van der Waals surface area contributed by atoms with Crippen molar-refractivity contribution in [2.75, 3.05) is 6.61 Å². The number of alkyl halides is 15. The molecule has 0 aliphatic carbocycles. The molecule has 0 bridgehead atoms. The largest absolute Gasteiger partial charge is 0.457 e. The van der Waals surface area contributed by atoms with Gasteiger partial charge in [-0.2, -0.15) is 61.5 Å². The van der Waals surface area contributed by atoms with E-state index >= 15 is 0 Å². The Balaban J connectivity index is 6.86. The lowest BCUT2D eigenvalue weighted by molar-refractivity contribution is -0.484. The highest BCUT2D eigenvalue weighted by atomic mass is 19.4. The number of unbranched alkanes of at least 4 members (excludes halogenated alkanes) is 1. The topological polar surface area (TPSA) is 9.23 Å². The maximum absolute atomic E-state index is 13.8. The summed E-state index contributed by atoms with van der Waals surface area (Å²) in [6, 6.07) is 0. The molecule has 0 heterocycles. The maximum Gasteiger partial charge on any atom is 0.457 e. The van der Waals surface area contributed by atoms with Crippen molar-refractivity contribution < 1.29 is 70.6 Å². The van der Waals surface area contributed by atoms with Crippen LogP contribution in [0.4, 0.5) is 65.9 Å². The molecule has 0 aliphatic heterocycles. The Bertz CT molecular complexity index is 503. The molecule has 0 saturated heterocycles. The molecule has 0 fully saturated rings. The minimum absolute atomic E-state index is 0.252. The van der Waals surface area contributed by atoms with Crippen molar-refractivity contribution in [3.8, 4) is 0 Å². The van der Waals surface area contributed by atoms with E-state index in [0.29, 0.717) is 0 Å². The highest BCUT2D eigenvalue weighted by molar-refractivity contribution is 5.17. The Labute approximate surface area is 140 Å². The zero-order valence-corrected chi connectivity index (χ0v) is 12.7. The molecule has 0 N–H and O–H groups in total. The van der Waals surface area contributed by atoms with E-state index in [-0.39, 0.29) is 6.42 Å². The lowest BCUT2D eigenvalue weighted by Gasteiger charge is -2.45. The van der Waals surface area contributed by atoms with Gasteiger partial charge in [-0.15, -0.1) is 0 Å². The Hall–Kier alpha value is -1.09. The van der Waals surface area contributed by atoms with Crippen LogP contribution in [0.1, 0.15) is 19.8 Å². The highest BCUT2D eigenvalue weighted by Gasteiger charge is 2.96. The maximum atomic E-state index is 13.8. The summed E-state index contributed by atoms with van der Waals surface area (Å²) in [7, 11) is 0. The quantitative estimate of drug-likeness (QED) is 0.340.